The van der Waals surface area contributed by atoms with Gasteiger partial charge in [0.25, 0.3) is 0 Å². The van der Waals surface area contributed by atoms with Gasteiger partial charge in [0, 0.05) is 9.79 Å². The van der Waals surface area contributed by atoms with Crippen LogP contribution in [0.2, 0.25) is 0 Å². The van der Waals surface area contributed by atoms with Crippen LogP contribution in [0.3, 0.4) is 0 Å². The molecule has 0 radical (unpaired) electrons. The summed E-state index contributed by atoms with van der Waals surface area (Å²) in [5, 5.41) is 0. The molecule has 4 aliphatic rings. The van der Waals surface area contributed by atoms with Crippen LogP contribution in [0.1, 0.15) is 106 Å². The molecule has 0 N–H and O–H groups in total. The Balaban J connectivity index is 1.70. The number of rotatable bonds is 2. The van der Waals surface area contributed by atoms with E-state index in [2.05, 4.69) is 41.5 Å². The summed E-state index contributed by atoms with van der Waals surface area (Å²) >= 11 is 0. The van der Waals surface area contributed by atoms with Crippen LogP contribution in [0.25, 0.3) is 0 Å². The Morgan fingerprint density at radius 1 is 0.542 bits per heavy atom. The van der Waals surface area contributed by atoms with Crippen LogP contribution in [-0.2, 0) is 0 Å². The molecule has 0 aromatic carbocycles. The second-order valence-electron chi connectivity index (χ2n) is 11.2. The van der Waals surface area contributed by atoms with Crippen molar-refractivity contribution in [2.24, 2.45) is 10.8 Å². The molecule has 2 heterocycles. The van der Waals surface area contributed by atoms with Crippen molar-refractivity contribution >= 4 is 15.8 Å². The molecule has 0 aromatic heterocycles. The first-order valence-electron chi connectivity index (χ1n) is 10.8. The lowest BCUT2D eigenvalue weighted by Gasteiger charge is -2.43. The molecule has 24 heavy (non-hydrogen) atoms. The average molecular weight is 367 g/mol. The lowest BCUT2D eigenvalue weighted by molar-refractivity contribution is 0.335. The molecule has 0 nitrogen and oxygen atoms in total. The van der Waals surface area contributed by atoms with Crippen LogP contribution in [0, 0.1) is 10.8 Å². The normalized spacial score (nSPS) is 44.2. The van der Waals surface area contributed by atoms with Crippen LogP contribution in [0.4, 0.5) is 0 Å². The fraction of sp³-hybridized carbons (Fsp3) is 1.00. The van der Waals surface area contributed by atoms with E-state index < -0.39 is 0 Å². The molecule has 4 fully saturated rings. The summed E-state index contributed by atoms with van der Waals surface area (Å²) in [6.45, 7) is 15.8. The van der Waals surface area contributed by atoms with E-state index in [4.69, 9.17) is 0 Å². The Morgan fingerprint density at radius 3 is 1.08 bits per heavy atom. The van der Waals surface area contributed by atoms with Crippen LogP contribution >= 0.6 is 15.8 Å². The molecule has 4 rings (SSSR count). The minimum atomic E-state index is 0.287. The van der Waals surface area contributed by atoms with Crippen molar-refractivity contribution in [2.45, 2.75) is 127 Å². The molecule has 2 saturated carbocycles. The smallest absolute Gasteiger partial charge is 0.0317 e. The SMILES string of the molecule is CC(C)(C)C12P(C3CCCCC3)C1(C(C)(C)C)P2C1CCCCC1. The standard InChI is InChI=1S/C22H40P2/c1-19(2,3)21-22(20(4,5)6,23(21)17-13-9-7-10-14-17)24(21)18-15-11-8-12-16-18/h17-18H,7-16H2,1-6H3. The summed E-state index contributed by atoms with van der Waals surface area (Å²) in [6, 6.07) is 0. The highest BCUT2D eigenvalue weighted by molar-refractivity contribution is 8.09. The molecular weight excluding hydrogens is 326 g/mol. The van der Waals surface area contributed by atoms with E-state index in [1.54, 1.807) is 25.7 Å². The number of hydrogen-bond donors (Lipinski definition) is 0. The molecule has 0 aromatic rings. The fourth-order valence-corrected chi connectivity index (χ4v) is 22.6. The van der Waals surface area contributed by atoms with Crippen molar-refractivity contribution in [2.75, 3.05) is 0 Å². The number of fused-ring (bicyclic) bond motifs is 1. The Labute approximate surface area is 153 Å². The highest BCUT2D eigenvalue weighted by Crippen LogP contribution is 3.24. The molecule has 2 aliphatic heterocycles. The first-order valence-corrected chi connectivity index (χ1v) is 13.6. The van der Waals surface area contributed by atoms with Crippen molar-refractivity contribution in [1.82, 2.24) is 0 Å². The summed E-state index contributed by atoms with van der Waals surface area (Å²) in [4.78, 5) is 1.62. The average Bonchev–Trinajstić information content (AvgIpc) is 3.34. The third-order valence-corrected chi connectivity index (χ3v) is 19.6. The maximum atomic E-state index is 2.63. The predicted octanol–water partition coefficient (Wildman–Crippen LogP) is 8.13. The van der Waals surface area contributed by atoms with E-state index >= 15 is 0 Å². The van der Waals surface area contributed by atoms with E-state index in [1.165, 1.54) is 38.5 Å². The van der Waals surface area contributed by atoms with Gasteiger partial charge in [0.2, 0.25) is 0 Å². The minimum Gasteiger partial charge on any atom is -0.0780 e. The molecular formula is C22H40P2. The van der Waals surface area contributed by atoms with E-state index in [-0.39, 0.29) is 15.8 Å². The molecule has 2 aliphatic carbocycles. The van der Waals surface area contributed by atoms with Gasteiger partial charge in [0.05, 0.1) is 0 Å². The highest BCUT2D eigenvalue weighted by Gasteiger charge is 3.03. The minimum absolute atomic E-state index is 0.287. The quantitative estimate of drug-likeness (QED) is 0.433. The lowest BCUT2D eigenvalue weighted by atomic mass is 9.81. The summed E-state index contributed by atoms with van der Waals surface area (Å²) in [5.41, 5.74) is 3.36. The maximum absolute atomic E-state index is 2.63. The van der Waals surface area contributed by atoms with Crippen LogP contribution in [0.15, 0.2) is 0 Å². The zero-order valence-electron chi connectivity index (χ0n) is 17.1. The molecule has 138 valence electrons. The van der Waals surface area contributed by atoms with Gasteiger partial charge in [-0.15, -0.1) is 0 Å². The van der Waals surface area contributed by atoms with Gasteiger partial charge in [-0.25, -0.2) is 0 Å². The van der Waals surface area contributed by atoms with Gasteiger partial charge < -0.3 is 0 Å². The van der Waals surface area contributed by atoms with Crippen molar-refractivity contribution < 1.29 is 0 Å². The maximum Gasteiger partial charge on any atom is 0.0317 e. The summed E-state index contributed by atoms with van der Waals surface area (Å²) in [5.74, 6) is 0. The van der Waals surface area contributed by atoms with E-state index in [9.17, 15) is 0 Å². The molecule has 0 spiro atoms. The predicted molar refractivity (Wildman–Crippen MR) is 112 cm³/mol. The van der Waals surface area contributed by atoms with Gasteiger partial charge in [-0.3, -0.25) is 0 Å². The van der Waals surface area contributed by atoms with E-state index in [1.807, 2.05) is 0 Å². The van der Waals surface area contributed by atoms with Gasteiger partial charge in [0.15, 0.2) is 0 Å². The third-order valence-electron chi connectivity index (χ3n) is 7.75. The zero-order valence-corrected chi connectivity index (χ0v) is 18.9. The van der Waals surface area contributed by atoms with E-state index in [0.717, 1.165) is 21.1 Å². The van der Waals surface area contributed by atoms with Gasteiger partial charge >= 0.3 is 0 Å². The summed E-state index contributed by atoms with van der Waals surface area (Å²) in [7, 11) is 0.575. The van der Waals surface area contributed by atoms with Gasteiger partial charge in [0.1, 0.15) is 0 Å². The van der Waals surface area contributed by atoms with Gasteiger partial charge in [-0.1, -0.05) is 95.9 Å². The topological polar surface area (TPSA) is 0 Å². The molecule has 0 bridgehead atoms. The number of hydrogen-bond acceptors (Lipinski definition) is 0. The second kappa shape index (κ2) is 5.68. The fourth-order valence-electron chi connectivity index (χ4n) is 7.13. The lowest BCUT2D eigenvalue weighted by Crippen LogP contribution is -2.24. The Hall–Kier alpha value is 0.860. The van der Waals surface area contributed by atoms with Crippen molar-refractivity contribution in [3.8, 4) is 0 Å². The van der Waals surface area contributed by atoms with Crippen molar-refractivity contribution in [3.05, 3.63) is 0 Å². The Morgan fingerprint density at radius 2 is 0.833 bits per heavy atom. The molecule has 2 heteroatoms. The van der Waals surface area contributed by atoms with Crippen LogP contribution in [0.5, 0.6) is 0 Å². The Kier molecular flexibility index (Phi) is 4.31. The van der Waals surface area contributed by atoms with Crippen molar-refractivity contribution in [3.63, 3.8) is 0 Å². The second-order valence-corrected chi connectivity index (χ2v) is 17.5. The van der Waals surface area contributed by atoms with Gasteiger partial charge in [-0.2, -0.15) is 0 Å². The van der Waals surface area contributed by atoms with Crippen LogP contribution < -0.4 is 0 Å². The molecule has 0 atom stereocenters. The van der Waals surface area contributed by atoms with E-state index in [0.29, 0.717) is 10.8 Å². The summed E-state index contributed by atoms with van der Waals surface area (Å²) < 4.78 is 0. The molecule has 2 saturated heterocycles. The van der Waals surface area contributed by atoms with Crippen molar-refractivity contribution in [1.29, 1.82) is 0 Å². The Bertz CT molecular complexity index is 429. The van der Waals surface area contributed by atoms with Crippen LogP contribution in [-0.4, -0.2) is 21.1 Å². The first-order chi connectivity index (χ1) is 11.2. The zero-order chi connectivity index (χ0) is 17.4. The molecule has 0 amide bonds. The first kappa shape index (κ1) is 18.2. The molecule has 0 unspecified atom stereocenters. The largest absolute Gasteiger partial charge is 0.0780 e. The summed E-state index contributed by atoms with van der Waals surface area (Å²) in [6.07, 6.45) is 15.5. The highest BCUT2D eigenvalue weighted by atomic mass is 31.2. The third kappa shape index (κ3) is 2.12. The monoisotopic (exact) mass is 366 g/mol. The van der Waals surface area contributed by atoms with Gasteiger partial charge in [-0.05, 0) is 47.8 Å².